The largest absolute Gasteiger partial charge is 0.356 e. The van der Waals surface area contributed by atoms with Crippen LogP contribution in [0.2, 0.25) is 0 Å². The molecule has 0 saturated carbocycles. The zero-order chi connectivity index (χ0) is 10.6. The van der Waals surface area contributed by atoms with Crippen LogP contribution in [0.15, 0.2) is 22.8 Å². The van der Waals surface area contributed by atoms with Crippen molar-refractivity contribution >= 4 is 21.8 Å². The molecule has 1 heterocycles. The van der Waals surface area contributed by atoms with E-state index in [-0.39, 0.29) is 0 Å². The van der Waals surface area contributed by atoms with Gasteiger partial charge in [0.05, 0.1) is 0 Å². The van der Waals surface area contributed by atoms with Crippen LogP contribution in [0.25, 0.3) is 0 Å². The van der Waals surface area contributed by atoms with Crippen LogP contribution in [0, 0.1) is 5.41 Å². The maximum Gasteiger partial charge on any atom is 0.148 e. The van der Waals surface area contributed by atoms with Crippen LogP contribution in [0.1, 0.15) is 19.5 Å². The molecule has 1 rings (SSSR count). The molecule has 14 heavy (non-hydrogen) atoms. The van der Waals surface area contributed by atoms with Crippen LogP contribution >= 0.6 is 15.9 Å². The van der Waals surface area contributed by atoms with Gasteiger partial charge in [0.15, 0.2) is 0 Å². The second-order valence-electron chi connectivity index (χ2n) is 2.85. The normalized spacial score (nSPS) is 9.93. The lowest BCUT2D eigenvalue weighted by atomic mass is 10.3. The Balaban J connectivity index is 2.94. The number of pyridine rings is 1. The molecule has 0 bridgehead atoms. The molecule has 0 aliphatic carbocycles. The first-order chi connectivity index (χ1) is 6.70. The van der Waals surface area contributed by atoms with E-state index in [1.165, 1.54) is 0 Å². The van der Waals surface area contributed by atoms with Crippen molar-refractivity contribution in [2.24, 2.45) is 0 Å². The van der Waals surface area contributed by atoms with E-state index in [4.69, 9.17) is 5.41 Å². The first kappa shape index (κ1) is 11.2. The Labute approximate surface area is 92.8 Å². The van der Waals surface area contributed by atoms with Crippen molar-refractivity contribution < 1.29 is 0 Å². The Hall–Kier alpha value is -0.900. The first-order valence-corrected chi connectivity index (χ1v) is 5.44. The molecular weight excluding hydrogens is 242 g/mol. The van der Waals surface area contributed by atoms with E-state index in [2.05, 4.69) is 20.9 Å². The average Bonchev–Trinajstić information content (AvgIpc) is 2.20. The Morgan fingerprint density at radius 1 is 1.50 bits per heavy atom. The molecule has 1 aromatic rings. The Morgan fingerprint density at radius 2 is 2.14 bits per heavy atom. The van der Waals surface area contributed by atoms with Gasteiger partial charge in [-0.1, -0.05) is 0 Å². The lowest BCUT2D eigenvalue weighted by Crippen LogP contribution is -2.31. The van der Waals surface area contributed by atoms with Crippen molar-refractivity contribution in [3.05, 3.63) is 28.5 Å². The lowest BCUT2D eigenvalue weighted by Gasteiger charge is -2.21. The molecule has 0 unspecified atom stereocenters. The standard InChI is InChI=1S/C10H14BrN3/c1-3-14(4-2)10(12)9-8(11)6-5-7-13-9/h5-7,12H,3-4H2,1-2H3. The Morgan fingerprint density at radius 3 is 2.64 bits per heavy atom. The Kier molecular flexibility index (Phi) is 4.07. The fourth-order valence-corrected chi connectivity index (χ4v) is 1.69. The van der Waals surface area contributed by atoms with Crippen molar-refractivity contribution in [1.29, 1.82) is 5.41 Å². The van der Waals surface area contributed by atoms with Crippen LogP contribution in [0.3, 0.4) is 0 Å². The molecular formula is C10H14BrN3. The molecule has 0 aliphatic heterocycles. The lowest BCUT2D eigenvalue weighted by molar-refractivity contribution is 0.462. The number of aromatic nitrogens is 1. The molecule has 1 N–H and O–H groups in total. The molecule has 0 saturated heterocycles. The summed E-state index contributed by atoms with van der Waals surface area (Å²) >= 11 is 3.39. The van der Waals surface area contributed by atoms with E-state index in [1.54, 1.807) is 6.20 Å². The number of nitrogens with zero attached hydrogens (tertiary/aromatic N) is 2. The highest BCUT2D eigenvalue weighted by Gasteiger charge is 2.11. The van der Waals surface area contributed by atoms with Crippen LogP contribution in [0.5, 0.6) is 0 Å². The summed E-state index contributed by atoms with van der Waals surface area (Å²) in [7, 11) is 0. The van der Waals surface area contributed by atoms with Gasteiger partial charge in [-0.15, -0.1) is 0 Å². The van der Waals surface area contributed by atoms with E-state index in [1.807, 2.05) is 30.9 Å². The second kappa shape index (κ2) is 5.10. The SMILES string of the molecule is CCN(CC)C(=N)c1ncccc1Br. The molecule has 0 amide bonds. The molecule has 0 atom stereocenters. The van der Waals surface area contributed by atoms with Gasteiger partial charge in [-0.25, -0.2) is 0 Å². The van der Waals surface area contributed by atoms with Gasteiger partial charge in [-0.05, 0) is 41.9 Å². The average molecular weight is 256 g/mol. The molecule has 1 aromatic heterocycles. The molecule has 0 spiro atoms. The highest BCUT2D eigenvalue weighted by molar-refractivity contribution is 9.10. The summed E-state index contributed by atoms with van der Waals surface area (Å²) in [5, 5.41) is 7.96. The van der Waals surface area contributed by atoms with Crippen molar-refractivity contribution in [3.63, 3.8) is 0 Å². The highest BCUT2D eigenvalue weighted by Crippen LogP contribution is 2.14. The van der Waals surface area contributed by atoms with Crippen molar-refractivity contribution in [1.82, 2.24) is 9.88 Å². The zero-order valence-corrected chi connectivity index (χ0v) is 10.0. The minimum atomic E-state index is 0.475. The van der Waals surface area contributed by atoms with Gasteiger partial charge in [0.25, 0.3) is 0 Å². The first-order valence-electron chi connectivity index (χ1n) is 4.65. The number of nitrogens with one attached hydrogen (secondary N) is 1. The minimum Gasteiger partial charge on any atom is -0.356 e. The summed E-state index contributed by atoms with van der Waals surface area (Å²) in [6.45, 7) is 5.74. The fraction of sp³-hybridized carbons (Fsp3) is 0.400. The third kappa shape index (κ3) is 2.32. The number of rotatable bonds is 3. The number of halogens is 1. The molecule has 0 aliphatic rings. The zero-order valence-electron chi connectivity index (χ0n) is 8.42. The third-order valence-electron chi connectivity index (χ3n) is 2.06. The van der Waals surface area contributed by atoms with E-state index in [0.29, 0.717) is 11.5 Å². The van der Waals surface area contributed by atoms with Gasteiger partial charge in [0.1, 0.15) is 11.5 Å². The molecule has 3 nitrogen and oxygen atoms in total. The van der Waals surface area contributed by atoms with E-state index in [9.17, 15) is 0 Å². The summed E-state index contributed by atoms with van der Waals surface area (Å²) < 4.78 is 0.872. The van der Waals surface area contributed by atoms with Gasteiger partial charge >= 0.3 is 0 Å². The maximum atomic E-state index is 7.96. The monoisotopic (exact) mass is 255 g/mol. The van der Waals surface area contributed by atoms with Gasteiger partial charge in [0.2, 0.25) is 0 Å². The van der Waals surface area contributed by atoms with Crippen molar-refractivity contribution in [2.75, 3.05) is 13.1 Å². The summed E-state index contributed by atoms with van der Waals surface area (Å²) in [4.78, 5) is 6.15. The number of hydrogen-bond donors (Lipinski definition) is 1. The molecule has 0 radical (unpaired) electrons. The summed E-state index contributed by atoms with van der Waals surface area (Å²) in [6, 6.07) is 3.75. The molecule has 0 fully saturated rings. The van der Waals surface area contributed by atoms with Crippen molar-refractivity contribution in [2.45, 2.75) is 13.8 Å². The van der Waals surface area contributed by atoms with Gasteiger partial charge in [-0.2, -0.15) is 0 Å². The molecule has 76 valence electrons. The van der Waals surface area contributed by atoms with Crippen LogP contribution in [-0.4, -0.2) is 28.8 Å². The third-order valence-corrected chi connectivity index (χ3v) is 2.70. The topological polar surface area (TPSA) is 40.0 Å². The van der Waals surface area contributed by atoms with E-state index in [0.717, 1.165) is 17.6 Å². The summed E-state index contributed by atoms with van der Waals surface area (Å²) in [6.07, 6.45) is 1.71. The van der Waals surface area contributed by atoms with Crippen LogP contribution in [-0.2, 0) is 0 Å². The summed E-state index contributed by atoms with van der Waals surface area (Å²) in [5.74, 6) is 0.475. The van der Waals surface area contributed by atoms with Crippen LogP contribution < -0.4 is 0 Å². The van der Waals surface area contributed by atoms with E-state index < -0.39 is 0 Å². The highest BCUT2D eigenvalue weighted by atomic mass is 79.9. The minimum absolute atomic E-state index is 0.475. The summed E-state index contributed by atoms with van der Waals surface area (Å²) in [5.41, 5.74) is 0.705. The number of hydrogen-bond acceptors (Lipinski definition) is 2. The maximum absolute atomic E-state index is 7.96. The van der Waals surface area contributed by atoms with Crippen molar-refractivity contribution in [3.8, 4) is 0 Å². The quantitative estimate of drug-likeness (QED) is 0.666. The number of amidine groups is 1. The van der Waals surface area contributed by atoms with E-state index >= 15 is 0 Å². The molecule has 0 aromatic carbocycles. The van der Waals surface area contributed by atoms with Gasteiger partial charge in [0, 0.05) is 23.8 Å². The predicted molar refractivity (Wildman–Crippen MR) is 61.7 cm³/mol. The predicted octanol–water partition coefficient (Wildman–Crippen LogP) is 2.51. The fourth-order valence-electron chi connectivity index (χ4n) is 1.25. The Bertz CT molecular complexity index is 321. The molecule has 4 heteroatoms. The smallest absolute Gasteiger partial charge is 0.148 e. The second-order valence-corrected chi connectivity index (χ2v) is 3.71. The van der Waals surface area contributed by atoms with Crippen LogP contribution in [0.4, 0.5) is 0 Å². The van der Waals surface area contributed by atoms with Gasteiger partial charge in [-0.3, -0.25) is 10.4 Å². The van der Waals surface area contributed by atoms with Gasteiger partial charge < -0.3 is 4.90 Å².